The first kappa shape index (κ1) is 43.5. The Balaban J connectivity index is 1.15. The van der Waals surface area contributed by atoms with Gasteiger partial charge in [-0.1, -0.05) is 155 Å². The minimum atomic E-state index is 0.0724. The predicted octanol–water partition coefficient (Wildman–Crippen LogP) is 16.4. The van der Waals surface area contributed by atoms with Crippen LogP contribution in [-0.4, -0.2) is 7.28 Å². The van der Waals surface area contributed by atoms with E-state index < -0.39 is 0 Å². The lowest BCUT2D eigenvalue weighted by Crippen LogP contribution is -2.44. The fraction of sp³-hybridized carbons (Fsp3) is 0.375. The van der Waals surface area contributed by atoms with Crippen molar-refractivity contribution >= 4 is 79.4 Å². The molecule has 0 amide bonds. The second-order valence-corrected chi connectivity index (χ2v) is 25.4. The van der Waals surface area contributed by atoms with E-state index in [0.29, 0.717) is 0 Å². The van der Waals surface area contributed by atoms with Crippen LogP contribution < -0.4 is 21.1 Å². The molecule has 0 saturated carbocycles. The van der Waals surface area contributed by atoms with Gasteiger partial charge in [0.1, 0.15) is 5.58 Å². The van der Waals surface area contributed by atoms with Crippen molar-refractivity contribution in [3.63, 3.8) is 0 Å². The summed E-state index contributed by atoms with van der Waals surface area (Å²) in [6.07, 6.45) is 7.09. The highest BCUT2D eigenvalue weighted by molar-refractivity contribution is 6.74. The number of hydrogen-bond donors (Lipinski definition) is 1. The van der Waals surface area contributed by atoms with Crippen LogP contribution in [0.2, 0.25) is 0 Å². The summed E-state index contributed by atoms with van der Waals surface area (Å²) >= 11 is 0. The molecule has 8 aromatic rings. The average Bonchev–Trinajstić information content (AvgIpc) is 3.69. The summed E-state index contributed by atoms with van der Waals surface area (Å²) in [5.74, 6) is 0. The SMILES string of the molecule is CC1(C)CCC(C)(C)c2cc(Nc3c(-c4c5c(cc6ccccc46)N(c4ccc6c(c4)C(C)(C)CCC6(C)C)c4cc6c(cc4B5)C(C)(C)CCC6(C)C)ccc4c3oc3ccccc34)ccc21. The Labute approximate surface area is 406 Å². The van der Waals surface area contributed by atoms with Crippen LogP contribution in [0, 0.1) is 0 Å². The summed E-state index contributed by atoms with van der Waals surface area (Å²) in [6.45, 7) is 29.4. The number of rotatable bonds is 4. The molecule has 0 radical (unpaired) electrons. The molecule has 0 bridgehead atoms. The molecule has 0 atom stereocenters. The van der Waals surface area contributed by atoms with Gasteiger partial charge in [0.15, 0.2) is 12.9 Å². The highest BCUT2D eigenvalue weighted by Gasteiger charge is 2.42. The van der Waals surface area contributed by atoms with E-state index >= 15 is 0 Å². The van der Waals surface area contributed by atoms with E-state index in [9.17, 15) is 0 Å². The van der Waals surface area contributed by atoms with Crippen LogP contribution in [0.5, 0.6) is 0 Å². The first-order valence-corrected chi connectivity index (χ1v) is 25.7. The molecule has 1 aromatic heterocycles. The minimum Gasteiger partial charge on any atom is -0.454 e. The van der Waals surface area contributed by atoms with Crippen LogP contribution in [0.1, 0.15) is 155 Å². The number of furan rings is 1. The lowest BCUT2D eigenvalue weighted by molar-refractivity contribution is 0.332. The predicted molar refractivity (Wildman–Crippen MR) is 293 cm³/mol. The maximum absolute atomic E-state index is 7.03. The van der Waals surface area contributed by atoms with Crippen molar-refractivity contribution in [2.45, 2.75) is 154 Å². The maximum atomic E-state index is 7.03. The van der Waals surface area contributed by atoms with Crippen molar-refractivity contribution in [2.75, 3.05) is 10.2 Å². The van der Waals surface area contributed by atoms with Crippen LogP contribution >= 0.6 is 0 Å². The molecule has 4 heteroatoms. The lowest BCUT2D eigenvalue weighted by Gasteiger charge is -2.45. The Morgan fingerprint density at radius 2 is 1.01 bits per heavy atom. The molecule has 1 aliphatic heterocycles. The largest absolute Gasteiger partial charge is 0.454 e. The van der Waals surface area contributed by atoms with Crippen LogP contribution in [0.3, 0.4) is 0 Å². The molecule has 4 aliphatic rings. The molecule has 1 N–H and O–H groups in total. The van der Waals surface area contributed by atoms with Crippen molar-refractivity contribution in [2.24, 2.45) is 0 Å². The van der Waals surface area contributed by atoms with E-state index in [1.165, 1.54) is 116 Å². The normalized spacial score (nSPS) is 19.9. The molecule has 3 aliphatic carbocycles. The van der Waals surface area contributed by atoms with Gasteiger partial charge in [-0.05, 0) is 175 Å². The summed E-state index contributed by atoms with van der Waals surface area (Å²) in [5.41, 5.74) is 22.4. The fourth-order valence-electron chi connectivity index (χ4n) is 13.3. The van der Waals surface area contributed by atoms with Gasteiger partial charge >= 0.3 is 0 Å². The standard InChI is InChI=1S/C64H69BN2O/c1-59(2)27-29-61(5,6)47-34-39(21-25-45(47)59)66-57-44(24-23-43-42-19-15-16-20-54(42)68-58(43)57)55-41-18-14-13-17-38(41)33-53-56(55)65-51-36-49-50(64(11,12)32-31-63(49,9)10)37-52(51)67(53)40-22-26-46-48(35-40)62(7,8)30-28-60(46,3)4/h13-26,33-37,65-66H,27-32H2,1-12H3. The molecular weight excluding hydrogens is 824 g/mol. The fourth-order valence-corrected chi connectivity index (χ4v) is 13.3. The van der Waals surface area contributed by atoms with E-state index in [0.717, 1.165) is 46.2 Å². The third kappa shape index (κ3) is 6.51. The van der Waals surface area contributed by atoms with E-state index in [1.807, 2.05) is 0 Å². The molecule has 0 spiro atoms. The number of fused-ring (bicyclic) bond motifs is 9. The van der Waals surface area contributed by atoms with E-state index in [4.69, 9.17) is 4.42 Å². The molecule has 0 saturated heterocycles. The summed E-state index contributed by atoms with van der Waals surface area (Å²) < 4.78 is 7.03. The molecule has 0 fully saturated rings. The number of hydrogen-bond acceptors (Lipinski definition) is 3. The Bertz CT molecular complexity index is 3430. The van der Waals surface area contributed by atoms with Gasteiger partial charge in [-0.2, -0.15) is 0 Å². The van der Waals surface area contributed by atoms with E-state index in [1.54, 1.807) is 0 Å². The smallest absolute Gasteiger partial charge is 0.198 e. The van der Waals surface area contributed by atoms with Crippen molar-refractivity contribution < 1.29 is 4.42 Å². The lowest BCUT2D eigenvalue weighted by atomic mass is 9.54. The quantitative estimate of drug-likeness (QED) is 0.178. The number of benzene rings is 7. The zero-order valence-corrected chi connectivity index (χ0v) is 42.8. The van der Waals surface area contributed by atoms with Crippen molar-refractivity contribution in [1.29, 1.82) is 0 Å². The molecule has 7 aromatic carbocycles. The molecule has 68 heavy (non-hydrogen) atoms. The monoisotopic (exact) mass is 893 g/mol. The van der Waals surface area contributed by atoms with Gasteiger partial charge < -0.3 is 14.6 Å². The highest BCUT2D eigenvalue weighted by Crippen LogP contribution is 2.53. The van der Waals surface area contributed by atoms with Gasteiger partial charge in [0.05, 0.1) is 5.69 Å². The summed E-state index contributed by atoms with van der Waals surface area (Å²) in [6, 6.07) is 44.7. The Kier molecular flexibility index (Phi) is 9.23. The molecule has 344 valence electrons. The first-order chi connectivity index (χ1) is 32.1. The van der Waals surface area contributed by atoms with Gasteiger partial charge in [0, 0.05) is 39.1 Å². The third-order valence-corrected chi connectivity index (χ3v) is 18.1. The van der Waals surface area contributed by atoms with Crippen molar-refractivity contribution in [3.8, 4) is 11.1 Å². The van der Waals surface area contributed by atoms with Gasteiger partial charge in [-0.25, -0.2) is 0 Å². The Hall–Kier alpha value is -5.74. The van der Waals surface area contributed by atoms with Crippen LogP contribution in [0.4, 0.5) is 28.4 Å². The van der Waals surface area contributed by atoms with Crippen molar-refractivity contribution in [1.82, 2.24) is 0 Å². The maximum Gasteiger partial charge on any atom is 0.198 e. The zero-order valence-electron chi connectivity index (χ0n) is 42.8. The average molecular weight is 893 g/mol. The third-order valence-electron chi connectivity index (χ3n) is 18.1. The summed E-state index contributed by atoms with van der Waals surface area (Å²) in [7, 11) is 0.828. The number of nitrogens with one attached hydrogen (secondary N) is 1. The van der Waals surface area contributed by atoms with E-state index in [-0.39, 0.29) is 32.5 Å². The first-order valence-electron chi connectivity index (χ1n) is 25.7. The van der Waals surface area contributed by atoms with Crippen LogP contribution in [-0.2, 0) is 32.5 Å². The summed E-state index contributed by atoms with van der Waals surface area (Å²) in [5, 5.41) is 8.89. The second-order valence-electron chi connectivity index (χ2n) is 25.4. The van der Waals surface area contributed by atoms with Crippen LogP contribution in [0.25, 0.3) is 43.8 Å². The number of anilines is 5. The number of nitrogens with zero attached hydrogens (tertiary/aromatic N) is 1. The number of para-hydroxylation sites is 1. The topological polar surface area (TPSA) is 28.4 Å². The molecule has 12 rings (SSSR count). The van der Waals surface area contributed by atoms with Crippen LogP contribution in [0.15, 0.2) is 120 Å². The Morgan fingerprint density at radius 3 is 1.68 bits per heavy atom. The Morgan fingerprint density at radius 1 is 0.471 bits per heavy atom. The summed E-state index contributed by atoms with van der Waals surface area (Å²) in [4.78, 5) is 2.67. The second kappa shape index (κ2) is 14.4. The molecular formula is C64H69BN2O. The van der Waals surface area contributed by atoms with Gasteiger partial charge in [0.2, 0.25) is 0 Å². The zero-order chi connectivity index (χ0) is 47.5. The van der Waals surface area contributed by atoms with Gasteiger partial charge in [-0.15, -0.1) is 0 Å². The molecule has 0 unspecified atom stereocenters. The molecule has 2 heterocycles. The minimum absolute atomic E-state index is 0.0724. The highest BCUT2D eigenvalue weighted by atomic mass is 16.3. The van der Waals surface area contributed by atoms with Crippen molar-refractivity contribution in [3.05, 3.63) is 149 Å². The molecule has 3 nitrogen and oxygen atoms in total. The van der Waals surface area contributed by atoms with E-state index in [2.05, 4.69) is 209 Å². The van der Waals surface area contributed by atoms with Gasteiger partial charge in [-0.3, -0.25) is 0 Å². The van der Waals surface area contributed by atoms with Gasteiger partial charge in [0.25, 0.3) is 0 Å².